The summed E-state index contributed by atoms with van der Waals surface area (Å²) in [6.07, 6.45) is 0.625. The van der Waals surface area contributed by atoms with Gasteiger partial charge in [-0.15, -0.1) is 12.4 Å². The van der Waals surface area contributed by atoms with E-state index in [2.05, 4.69) is 5.32 Å². The molecule has 1 unspecified atom stereocenters. The Balaban J connectivity index is 0.00000225. The van der Waals surface area contributed by atoms with Crippen LogP contribution in [0.15, 0.2) is 36.4 Å². The average Bonchev–Trinajstić information content (AvgIpc) is 2.47. The monoisotopic (exact) mass is 400 g/mol. The zero-order valence-electron chi connectivity index (χ0n) is 13.8. The number of anilines is 1. The van der Waals surface area contributed by atoms with Crippen molar-refractivity contribution in [3.8, 4) is 5.75 Å². The Kier molecular flexibility index (Phi) is 5.77. The highest BCUT2D eigenvalue weighted by Crippen LogP contribution is 2.40. The van der Waals surface area contributed by atoms with Crippen LogP contribution < -0.4 is 15.8 Å². The molecular formula is C18H19Cl3N2O2. The minimum absolute atomic E-state index is 0. The molecular weight excluding hydrogens is 383 g/mol. The number of ether oxygens (including phenoxy) is 1. The number of fused-ring (bicyclic) bond motifs is 1. The fraction of sp³-hybridized carbons (Fsp3) is 0.278. The Morgan fingerprint density at radius 2 is 1.96 bits per heavy atom. The van der Waals surface area contributed by atoms with Crippen LogP contribution in [0.4, 0.5) is 5.69 Å². The van der Waals surface area contributed by atoms with Gasteiger partial charge in [0.25, 0.3) is 5.91 Å². The number of carbonyl (C=O) groups excluding carboxylic acids is 1. The predicted molar refractivity (Wildman–Crippen MR) is 104 cm³/mol. The lowest BCUT2D eigenvalue weighted by atomic mass is 9.89. The molecule has 1 aliphatic heterocycles. The SMILES string of the molecule is CC1(C)CC(NC(=O)c2ccc(Cl)cc2Cl)c2cc(N)ccc2O1.Cl. The van der Waals surface area contributed by atoms with Gasteiger partial charge < -0.3 is 15.8 Å². The molecule has 0 fully saturated rings. The van der Waals surface area contributed by atoms with Gasteiger partial charge in [-0.3, -0.25) is 4.79 Å². The molecule has 7 heteroatoms. The largest absolute Gasteiger partial charge is 0.487 e. The maximum absolute atomic E-state index is 12.6. The van der Waals surface area contributed by atoms with Gasteiger partial charge >= 0.3 is 0 Å². The number of nitrogens with one attached hydrogen (secondary N) is 1. The lowest BCUT2D eigenvalue weighted by Crippen LogP contribution is -2.41. The molecule has 1 atom stereocenters. The number of hydrogen-bond acceptors (Lipinski definition) is 3. The maximum atomic E-state index is 12.6. The highest BCUT2D eigenvalue weighted by molar-refractivity contribution is 6.36. The fourth-order valence-electron chi connectivity index (χ4n) is 2.91. The van der Waals surface area contributed by atoms with E-state index in [-0.39, 0.29) is 24.4 Å². The van der Waals surface area contributed by atoms with E-state index in [1.165, 1.54) is 0 Å². The van der Waals surface area contributed by atoms with Crippen molar-refractivity contribution in [3.05, 3.63) is 57.6 Å². The minimum atomic E-state index is -0.398. The van der Waals surface area contributed by atoms with Crippen molar-refractivity contribution >= 4 is 47.2 Å². The molecule has 0 saturated heterocycles. The molecule has 25 heavy (non-hydrogen) atoms. The summed E-state index contributed by atoms with van der Waals surface area (Å²) in [6.45, 7) is 3.97. The smallest absolute Gasteiger partial charge is 0.253 e. The lowest BCUT2D eigenvalue weighted by molar-refractivity contribution is 0.0620. The van der Waals surface area contributed by atoms with Crippen molar-refractivity contribution < 1.29 is 9.53 Å². The minimum Gasteiger partial charge on any atom is -0.487 e. The highest BCUT2D eigenvalue weighted by Gasteiger charge is 2.35. The van der Waals surface area contributed by atoms with Crippen LogP contribution in [-0.4, -0.2) is 11.5 Å². The summed E-state index contributed by atoms with van der Waals surface area (Å²) in [5, 5.41) is 3.84. The molecule has 2 aromatic carbocycles. The molecule has 1 aliphatic rings. The molecule has 2 aromatic rings. The van der Waals surface area contributed by atoms with E-state index >= 15 is 0 Å². The van der Waals surface area contributed by atoms with Gasteiger partial charge in [0.15, 0.2) is 0 Å². The van der Waals surface area contributed by atoms with Crippen molar-refractivity contribution in [1.29, 1.82) is 0 Å². The summed E-state index contributed by atoms with van der Waals surface area (Å²) in [5.41, 5.74) is 7.37. The molecule has 3 rings (SSSR count). The molecule has 134 valence electrons. The van der Waals surface area contributed by atoms with Gasteiger partial charge in [-0.1, -0.05) is 23.2 Å². The average molecular weight is 402 g/mol. The number of nitrogens with two attached hydrogens (primary N) is 1. The van der Waals surface area contributed by atoms with Gasteiger partial charge in [-0.05, 0) is 50.2 Å². The van der Waals surface area contributed by atoms with Gasteiger partial charge in [0.05, 0.1) is 16.6 Å². The molecule has 0 spiro atoms. The van der Waals surface area contributed by atoms with E-state index in [0.29, 0.717) is 27.7 Å². The van der Waals surface area contributed by atoms with Crippen LogP contribution in [0, 0.1) is 0 Å². The maximum Gasteiger partial charge on any atom is 0.253 e. The van der Waals surface area contributed by atoms with Gasteiger partial charge in [-0.25, -0.2) is 0 Å². The Morgan fingerprint density at radius 3 is 2.64 bits per heavy atom. The topological polar surface area (TPSA) is 64.4 Å². The summed E-state index contributed by atoms with van der Waals surface area (Å²) in [4.78, 5) is 12.6. The third kappa shape index (κ3) is 4.32. The van der Waals surface area contributed by atoms with Crippen LogP contribution in [0.3, 0.4) is 0 Å². The molecule has 3 N–H and O–H groups in total. The second kappa shape index (κ2) is 7.32. The molecule has 1 heterocycles. The van der Waals surface area contributed by atoms with Crippen LogP contribution in [0.5, 0.6) is 5.75 Å². The summed E-state index contributed by atoms with van der Waals surface area (Å²) in [5.74, 6) is 0.473. The van der Waals surface area contributed by atoms with Crippen molar-refractivity contribution in [3.63, 3.8) is 0 Å². The number of carbonyl (C=O) groups is 1. The standard InChI is InChI=1S/C18H18Cl2N2O2.ClH/c1-18(2)9-15(13-8-11(21)4-6-16(13)24-18)22-17(23)12-5-3-10(19)7-14(12)20;/h3-8,15H,9,21H2,1-2H3,(H,22,23);1H. The number of amides is 1. The highest BCUT2D eigenvalue weighted by atomic mass is 35.5. The first-order valence-electron chi connectivity index (χ1n) is 7.59. The molecule has 4 nitrogen and oxygen atoms in total. The number of nitrogen functional groups attached to an aromatic ring is 1. The summed E-state index contributed by atoms with van der Waals surface area (Å²) in [6, 6.07) is 10.0. The van der Waals surface area contributed by atoms with Crippen LogP contribution in [0.2, 0.25) is 10.0 Å². The number of benzene rings is 2. The summed E-state index contributed by atoms with van der Waals surface area (Å²) >= 11 is 12.0. The zero-order valence-corrected chi connectivity index (χ0v) is 16.1. The third-order valence-electron chi connectivity index (χ3n) is 3.97. The first-order chi connectivity index (χ1) is 11.2. The molecule has 0 aromatic heterocycles. The summed E-state index contributed by atoms with van der Waals surface area (Å²) < 4.78 is 5.98. The van der Waals surface area contributed by atoms with E-state index in [4.69, 9.17) is 33.7 Å². The van der Waals surface area contributed by atoms with Gasteiger partial charge in [0.1, 0.15) is 11.4 Å². The quantitative estimate of drug-likeness (QED) is 0.694. The van der Waals surface area contributed by atoms with Crippen molar-refractivity contribution in [2.75, 3.05) is 5.73 Å². The van der Waals surface area contributed by atoms with Crippen molar-refractivity contribution in [2.45, 2.75) is 31.9 Å². The summed E-state index contributed by atoms with van der Waals surface area (Å²) in [7, 11) is 0. The first kappa shape index (κ1) is 19.7. The van der Waals surface area contributed by atoms with Gasteiger partial charge in [0, 0.05) is 22.7 Å². The first-order valence-corrected chi connectivity index (χ1v) is 8.35. The van der Waals surface area contributed by atoms with E-state index in [1.807, 2.05) is 26.0 Å². The van der Waals surface area contributed by atoms with Gasteiger partial charge in [-0.2, -0.15) is 0 Å². The van der Waals surface area contributed by atoms with Crippen molar-refractivity contribution in [1.82, 2.24) is 5.32 Å². The number of halogens is 3. The van der Waals surface area contributed by atoms with E-state index in [0.717, 1.165) is 11.3 Å². The number of hydrogen-bond donors (Lipinski definition) is 2. The normalized spacial score (nSPS) is 17.7. The second-order valence-electron chi connectivity index (χ2n) is 6.51. The van der Waals surface area contributed by atoms with Crippen LogP contribution >= 0.6 is 35.6 Å². The zero-order chi connectivity index (χ0) is 17.5. The van der Waals surface area contributed by atoms with Crippen LogP contribution in [0.1, 0.15) is 42.2 Å². The number of rotatable bonds is 2. The fourth-order valence-corrected chi connectivity index (χ4v) is 3.41. The molecule has 0 radical (unpaired) electrons. The van der Waals surface area contributed by atoms with E-state index in [9.17, 15) is 4.79 Å². The Morgan fingerprint density at radius 1 is 1.24 bits per heavy atom. The molecule has 0 aliphatic carbocycles. The third-order valence-corrected chi connectivity index (χ3v) is 4.52. The Hall–Kier alpha value is -1.62. The Bertz CT molecular complexity index is 809. The van der Waals surface area contributed by atoms with Gasteiger partial charge in [0.2, 0.25) is 0 Å². The molecule has 0 saturated carbocycles. The van der Waals surface area contributed by atoms with Crippen LogP contribution in [0.25, 0.3) is 0 Å². The Labute approximate surface area is 163 Å². The van der Waals surface area contributed by atoms with Crippen LogP contribution in [-0.2, 0) is 0 Å². The molecule has 1 amide bonds. The van der Waals surface area contributed by atoms with Crippen molar-refractivity contribution in [2.24, 2.45) is 0 Å². The predicted octanol–water partition coefficient (Wildman–Crippen LogP) is 5.03. The van der Waals surface area contributed by atoms with E-state index < -0.39 is 5.60 Å². The van der Waals surface area contributed by atoms with E-state index in [1.54, 1.807) is 24.3 Å². The second-order valence-corrected chi connectivity index (χ2v) is 7.36. The lowest BCUT2D eigenvalue weighted by Gasteiger charge is -2.38. The molecule has 0 bridgehead atoms.